The predicted molar refractivity (Wildman–Crippen MR) is 72.7 cm³/mol. The number of hydrogen-bond donors (Lipinski definition) is 1. The van der Waals surface area contributed by atoms with Crippen LogP contribution in [0.25, 0.3) is 0 Å². The molecule has 7 nitrogen and oxygen atoms in total. The van der Waals surface area contributed by atoms with Crippen LogP contribution in [0, 0.1) is 0 Å². The lowest BCUT2D eigenvalue weighted by atomic mass is 10.1. The fourth-order valence-corrected chi connectivity index (χ4v) is 1.83. The minimum absolute atomic E-state index is 0.0647. The Kier molecular flexibility index (Phi) is 4.65. The smallest absolute Gasteiger partial charge is 0.338 e. The van der Waals surface area contributed by atoms with Gasteiger partial charge in [0, 0.05) is 11.6 Å². The maximum atomic E-state index is 12.0. The Hall–Kier alpha value is -2.70. The first kappa shape index (κ1) is 14.7. The van der Waals surface area contributed by atoms with Crippen LogP contribution >= 0.6 is 0 Å². The Bertz CT molecular complexity index is 624. The van der Waals surface area contributed by atoms with Crippen LogP contribution in [-0.4, -0.2) is 34.8 Å². The monoisotopic (exact) mass is 292 g/mol. The van der Waals surface area contributed by atoms with E-state index >= 15 is 0 Å². The summed E-state index contributed by atoms with van der Waals surface area (Å²) >= 11 is 0. The third-order valence-corrected chi connectivity index (χ3v) is 2.76. The minimum Gasteiger partial charge on any atom is -0.496 e. The van der Waals surface area contributed by atoms with Crippen LogP contribution < -0.4 is 9.47 Å². The van der Waals surface area contributed by atoms with Crippen molar-refractivity contribution in [1.29, 1.82) is 0 Å². The summed E-state index contributed by atoms with van der Waals surface area (Å²) in [5.74, 6) is 0.310. The summed E-state index contributed by atoms with van der Waals surface area (Å²) in [5.41, 5.74) is 0.936. The Morgan fingerprint density at radius 3 is 2.81 bits per heavy atom. The van der Waals surface area contributed by atoms with Crippen LogP contribution in [0.2, 0.25) is 0 Å². The molecule has 1 aromatic heterocycles. The number of benzene rings is 1. The van der Waals surface area contributed by atoms with E-state index in [1.807, 2.05) is 0 Å². The van der Waals surface area contributed by atoms with E-state index in [0.717, 1.165) is 0 Å². The van der Waals surface area contributed by atoms with Gasteiger partial charge in [0.2, 0.25) is 5.88 Å². The average molecular weight is 292 g/mol. The zero-order chi connectivity index (χ0) is 15.2. The van der Waals surface area contributed by atoms with Crippen molar-refractivity contribution >= 4 is 5.97 Å². The van der Waals surface area contributed by atoms with Crippen LogP contribution in [0.4, 0.5) is 0 Å². The molecule has 0 fully saturated rings. The molecule has 1 heterocycles. The van der Waals surface area contributed by atoms with Gasteiger partial charge in [0.25, 0.3) is 0 Å². The molecule has 0 aliphatic rings. The molecule has 0 unspecified atom stereocenters. The molecule has 0 aliphatic carbocycles. The Balaban J connectivity index is 2.24. The molecule has 0 atom stereocenters. The summed E-state index contributed by atoms with van der Waals surface area (Å²) < 4.78 is 15.7. The fourth-order valence-electron chi connectivity index (χ4n) is 1.83. The Labute approximate surface area is 121 Å². The van der Waals surface area contributed by atoms with E-state index in [1.165, 1.54) is 19.4 Å². The summed E-state index contributed by atoms with van der Waals surface area (Å²) in [6, 6.07) is 6.58. The van der Waals surface area contributed by atoms with Crippen LogP contribution in [0.3, 0.4) is 0 Å². The van der Waals surface area contributed by atoms with Gasteiger partial charge < -0.3 is 19.4 Å². The topological polar surface area (TPSA) is 82.8 Å². The molecule has 2 rings (SSSR count). The first-order valence-electron chi connectivity index (χ1n) is 6.36. The first-order valence-corrected chi connectivity index (χ1v) is 6.36. The summed E-state index contributed by atoms with van der Waals surface area (Å²) in [7, 11) is 1.51. The third-order valence-electron chi connectivity index (χ3n) is 2.76. The molecule has 1 N–H and O–H groups in total. The van der Waals surface area contributed by atoms with E-state index < -0.39 is 5.97 Å². The number of rotatable bonds is 6. The summed E-state index contributed by atoms with van der Waals surface area (Å²) in [6.45, 7) is 2.09. The number of esters is 1. The van der Waals surface area contributed by atoms with Crippen LogP contribution in [0.5, 0.6) is 11.6 Å². The Morgan fingerprint density at radius 2 is 2.19 bits per heavy atom. The summed E-state index contributed by atoms with van der Waals surface area (Å²) in [5, 5.41) is 12.8. The lowest BCUT2D eigenvalue weighted by Gasteiger charge is -2.13. The number of carbonyl (C=O) groups excluding carboxylic acids is 1. The normalized spacial score (nSPS) is 10.2. The lowest BCUT2D eigenvalue weighted by Crippen LogP contribution is -2.11. The molecule has 0 saturated carbocycles. The van der Waals surface area contributed by atoms with Gasteiger partial charge in [0.15, 0.2) is 0 Å². The molecular formula is C14H16N2O5. The molecule has 0 amide bonds. The molecule has 0 bridgehead atoms. The maximum Gasteiger partial charge on any atom is 0.338 e. The molecule has 0 saturated heterocycles. The second-order valence-electron chi connectivity index (χ2n) is 4.07. The standard InChI is InChI=1S/C14H16N2O5/c1-3-20-14(17)10-5-4-6-12(19-2)11(10)9-21-13-7-8-16(18)15-13/h4-8,18H,3,9H2,1-2H3. The third kappa shape index (κ3) is 3.44. The van der Waals surface area contributed by atoms with Crippen molar-refractivity contribution < 1.29 is 24.2 Å². The number of hydrogen-bond acceptors (Lipinski definition) is 6. The number of methoxy groups -OCH3 is 1. The summed E-state index contributed by atoms with van der Waals surface area (Å²) in [4.78, 5) is 12.6. The van der Waals surface area contributed by atoms with Crippen molar-refractivity contribution in [3.05, 3.63) is 41.6 Å². The van der Waals surface area contributed by atoms with E-state index in [0.29, 0.717) is 21.7 Å². The average Bonchev–Trinajstić information content (AvgIpc) is 2.90. The van der Waals surface area contributed by atoms with Crippen molar-refractivity contribution in [3.8, 4) is 11.6 Å². The number of carbonyl (C=O) groups is 1. The van der Waals surface area contributed by atoms with Gasteiger partial charge in [0.05, 0.1) is 25.5 Å². The van der Waals surface area contributed by atoms with Crippen LogP contribution in [0.1, 0.15) is 22.8 Å². The SMILES string of the molecule is CCOC(=O)c1cccc(OC)c1COc1ccn(O)n1. The Morgan fingerprint density at radius 1 is 1.38 bits per heavy atom. The first-order chi connectivity index (χ1) is 10.2. The van der Waals surface area contributed by atoms with Crippen molar-refractivity contribution in [3.63, 3.8) is 0 Å². The van der Waals surface area contributed by atoms with E-state index in [1.54, 1.807) is 25.1 Å². The molecule has 0 radical (unpaired) electrons. The zero-order valence-corrected chi connectivity index (χ0v) is 11.8. The van der Waals surface area contributed by atoms with Crippen LogP contribution in [-0.2, 0) is 11.3 Å². The molecular weight excluding hydrogens is 276 g/mol. The highest BCUT2D eigenvalue weighted by Crippen LogP contribution is 2.24. The second-order valence-corrected chi connectivity index (χ2v) is 4.07. The van der Waals surface area contributed by atoms with E-state index in [-0.39, 0.29) is 19.1 Å². The van der Waals surface area contributed by atoms with Crippen molar-refractivity contribution in [2.75, 3.05) is 13.7 Å². The van der Waals surface area contributed by atoms with Gasteiger partial charge in [-0.1, -0.05) is 11.2 Å². The molecule has 0 aliphatic heterocycles. The molecule has 1 aromatic carbocycles. The van der Waals surface area contributed by atoms with Crippen molar-refractivity contribution in [2.45, 2.75) is 13.5 Å². The van der Waals surface area contributed by atoms with Crippen molar-refractivity contribution in [1.82, 2.24) is 9.94 Å². The molecule has 2 aromatic rings. The highest BCUT2D eigenvalue weighted by atomic mass is 16.5. The van der Waals surface area contributed by atoms with Gasteiger partial charge in [0.1, 0.15) is 12.4 Å². The van der Waals surface area contributed by atoms with Gasteiger partial charge in [-0.2, -0.15) is 0 Å². The van der Waals surface area contributed by atoms with Gasteiger partial charge >= 0.3 is 5.97 Å². The fraction of sp³-hybridized carbons (Fsp3) is 0.286. The highest BCUT2D eigenvalue weighted by Gasteiger charge is 2.17. The summed E-state index contributed by atoms with van der Waals surface area (Å²) in [6.07, 6.45) is 1.34. The van der Waals surface area contributed by atoms with Crippen LogP contribution in [0.15, 0.2) is 30.5 Å². The molecule has 21 heavy (non-hydrogen) atoms. The number of aromatic nitrogens is 2. The predicted octanol–water partition coefficient (Wildman–Crippen LogP) is 1.88. The highest BCUT2D eigenvalue weighted by molar-refractivity contribution is 5.91. The second kappa shape index (κ2) is 6.65. The van der Waals surface area contributed by atoms with E-state index in [4.69, 9.17) is 19.4 Å². The molecule has 0 spiro atoms. The quantitative estimate of drug-likeness (QED) is 0.646. The number of nitrogens with zero attached hydrogens (tertiary/aromatic N) is 2. The lowest BCUT2D eigenvalue weighted by molar-refractivity contribution is 0.0522. The largest absolute Gasteiger partial charge is 0.496 e. The maximum absolute atomic E-state index is 12.0. The molecule has 7 heteroatoms. The molecule has 112 valence electrons. The number of ether oxygens (including phenoxy) is 3. The van der Waals surface area contributed by atoms with E-state index in [9.17, 15) is 4.79 Å². The zero-order valence-electron chi connectivity index (χ0n) is 11.8. The van der Waals surface area contributed by atoms with Crippen molar-refractivity contribution in [2.24, 2.45) is 0 Å². The van der Waals surface area contributed by atoms with Gasteiger partial charge in [-0.15, -0.1) is 4.85 Å². The van der Waals surface area contributed by atoms with Gasteiger partial charge in [-0.25, -0.2) is 4.79 Å². The van der Waals surface area contributed by atoms with E-state index in [2.05, 4.69) is 5.10 Å². The van der Waals surface area contributed by atoms with Gasteiger partial charge in [-0.05, 0) is 19.1 Å². The minimum atomic E-state index is -0.442. The van der Waals surface area contributed by atoms with Gasteiger partial charge in [-0.3, -0.25) is 0 Å².